The van der Waals surface area contributed by atoms with Crippen LogP contribution in [-0.4, -0.2) is 18.1 Å². The van der Waals surface area contributed by atoms with E-state index in [9.17, 15) is 0 Å². The second kappa shape index (κ2) is 5.53. The van der Waals surface area contributed by atoms with Gasteiger partial charge in [-0.1, -0.05) is 31.2 Å². The normalized spacial score (nSPS) is 17.7. The van der Waals surface area contributed by atoms with E-state index in [1.165, 1.54) is 11.3 Å². The Labute approximate surface area is 120 Å². The average molecular weight is 267 g/mol. The van der Waals surface area contributed by atoms with Crippen molar-refractivity contribution in [1.82, 2.24) is 4.98 Å². The highest BCUT2D eigenvalue weighted by molar-refractivity contribution is 5.66. The Morgan fingerprint density at radius 2 is 2.05 bits per heavy atom. The minimum absolute atomic E-state index is 0.648. The lowest BCUT2D eigenvalue weighted by atomic mass is 9.94. The molecule has 0 radical (unpaired) electrons. The van der Waals surface area contributed by atoms with Gasteiger partial charge in [-0.2, -0.15) is 0 Å². The van der Waals surface area contributed by atoms with E-state index in [4.69, 9.17) is 4.98 Å². The summed E-state index contributed by atoms with van der Waals surface area (Å²) in [5, 5.41) is 3.28. The van der Waals surface area contributed by atoms with Gasteiger partial charge < -0.3 is 10.2 Å². The molecule has 1 aliphatic rings. The highest BCUT2D eigenvalue weighted by atomic mass is 15.2. The largest absolute Gasteiger partial charge is 0.370 e. The number of pyridine rings is 1. The first-order chi connectivity index (χ1) is 9.78. The summed E-state index contributed by atoms with van der Waals surface area (Å²) in [6.45, 7) is 6.31. The monoisotopic (exact) mass is 267 g/mol. The summed E-state index contributed by atoms with van der Waals surface area (Å²) < 4.78 is 0. The van der Waals surface area contributed by atoms with E-state index in [-0.39, 0.29) is 0 Å². The molecular formula is C17H21N3. The van der Waals surface area contributed by atoms with E-state index in [1.54, 1.807) is 0 Å². The van der Waals surface area contributed by atoms with E-state index in [1.807, 2.05) is 6.07 Å². The van der Waals surface area contributed by atoms with Crippen LogP contribution in [0.5, 0.6) is 0 Å². The first-order valence-electron chi connectivity index (χ1n) is 7.34. The maximum Gasteiger partial charge on any atom is 0.135 e. The number of hydrogen-bond donors (Lipinski definition) is 1. The van der Waals surface area contributed by atoms with E-state index in [0.29, 0.717) is 5.92 Å². The second-order valence-electron chi connectivity index (χ2n) is 5.46. The molecule has 3 rings (SSSR count). The Balaban J connectivity index is 1.99. The van der Waals surface area contributed by atoms with Crippen LogP contribution in [0.2, 0.25) is 0 Å². The third-order valence-electron chi connectivity index (χ3n) is 3.71. The minimum atomic E-state index is 0.648. The Hall–Kier alpha value is -2.03. The Morgan fingerprint density at radius 1 is 1.20 bits per heavy atom. The standard InChI is InChI=1S/C17H21N3/c1-3-18-16-9-6-10-17(19-16)20-12-13(2)11-14-7-4-5-8-15(14)20/h4-10,13H,3,11-12H2,1-2H3,(H,18,19). The number of rotatable bonds is 3. The molecule has 2 aromatic rings. The quantitative estimate of drug-likeness (QED) is 0.915. The zero-order valence-electron chi connectivity index (χ0n) is 12.1. The van der Waals surface area contributed by atoms with E-state index < -0.39 is 0 Å². The summed E-state index contributed by atoms with van der Waals surface area (Å²) in [6, 6.07) is 14.8. The van der Waals surface area contributed by atoms with Gasteiger partial charge in [-0.15, -0.1) is 0 Å². The molecule has 1 atom stereocenters. The van der Waals surface area contributed by atoms with Crippen molar-refractivity contribution >= 4 is 17.3 Å². The molecule has 0 aliphatic carbocycles. The van der Waals surface area contributed by atoms with Crippen molar-refractivity contribution in [1.29, 1.82) is 0 Å². The van der Waals surface area contributed by atoms with Crippen molar-refractivity contribution in [2.75, 3.05) is 23.3 Å². The van der Waals surface area contributed by atoms with Gasteiger partial charge in [-0.25, -0.2) is 4.98 Å². The average Bonchev–Trinajstić information content (AvgIpc) is 2.47. The SMILES string of the molecule is CCNc1cccc(N2CC(C)Cc3ccccc32)n1. The number of nitrogens with zero attached hydrogens (tertiary/aromatic N) is 2. The molecule has 0 fully saturated rings. The number of hydrogen-bond acceptors (Lipinski definition) is 3. The van der Waals surface area contributed by atoms with Crippen molar-refractivity contribution in [2.45, 2.75) is 20.3 Å². The Kier molecular flexibility index (Phi) is 3.59. The van der Waals surface area contributed by atoms with Crippen LogP contribution in [0.4, 0.5) is 17.3 Å². The molecule has 104 valence electrons. The van der Waals surface area contributed by atoms with Crippen LogP contribution in [-0.2, 0) is 6.42 Å². The van der Waals surface area contributed by atoms with Gasteiger partial charge in [-0.05, 0) is 43.0 Å². The predicted octanol–water partition coefficient (Wildman–Crippen LogP) is 3.84. The van der Waals surface area contributed by atoms with Crippen LogP contribution >= 0.6 is 0 Å². The van der Waals surface area contributed by atoms with Gasteiger partial charge in [0.25, 0.3) is 0 Å². The molecule has 1 N–H and O–H groups in total. The number of para-hydroxylation sites is 1. The van der Waals surface area contributed by atoms with Crippen molar-refractivity contribution in [2.24, 2.45) is 5.92 Å². The summed E-state index contributed by atoms with van der Waals surface area (Å²) in [7, 11) is 0. The maximum atomic E-state index is 4.73. The lowest BCUT2D eigenvalue weighted by molar-refractivity contribution is 0.560. The Morgan fingerprint density at radius 3 is 2.90 bits per heavy atom. The van der Waals surface area contributed by atoms with E-state index in [0.717, 1.165) is 31.1 Å². The highest BCUT2D eigenvalue weighted by Gasteiger charge is 2.23. The lowest BCUT2D eigenvalue weighted by Gasteiger charge is -2.34. The molecule has 1 aliphatic heterocycles. The summed E-state index contributed by atoms with van der Waals surface area (Å²) in [5.41, 5.74) is 2.72. The van der Waals surface area contributed by atoms with E-state index >= 15 is 0 Å². The fourth-order valence-electron chi connectivity index (χ4n) is 2.87. The number of fused-ring (bicyclic) bond motifs is 1. The highest BCUT2D eigenvalue weighted by Crippen LogP contribution is 2.34. The molecule has 1 aromatic carbocycles. The second-order valence-corrected chi connectivity index (χ2v) is 5.46. The first-order valence-corrected chi connectivity index (χ1v) is 7.34. The summed E-state index contributed by atoms with van der Waals surface area (Å²) >= 11 is 0. The fraction of sp³-hybridized carbons (Fsp3) is 0.353. The summed E-state index contributed by atoms with van der Waals surface area (Å²) in [5.74, 6) is 2.62. The zero-order chi connectivity index (χ0) is 13.9. The molecule has 3 nitrogen and oxygen atoms in total. The number of aromatic nitrogens is 1. The van der Waals surface area contributed by atoms with Crippen molar-refractivity contribution < 1.29 is 0 Å². The van der Waals surface area contributed by atoms with Gasteiger partial charge in [0.05, 0.1) is 0 Å². The number of nitrogens with one attached hydrogen (secondary N) is 1. The molecule has 3 heteroatoms. The van der Waals surface area contributed by atoms with Crippen LogP contribution < -0.4 is 10.2 Å². The molecular weight excluding hydrogens is 246 g/mol. The maximum absolute atomic E-state index is 4.73. The van der Waals surface area contributed by atoms with Crippen molar-refractivity contribution in [3.05, 3.63) is 48.0 Å². The molecule has 0 saturated carbocycles. The van der Waals surface area contributed by atoms with Gasteiger partial charge in [0, 0.05) is 18.8 Å². The number of benzene rings is 1. The predicted molar refractivity (Wildman–Crippen MR) is 84.7 cm³/mol. The van der Waals surface area contributed by atoms with Gasteiger partial charge in [-0.3, -0.25) is 0 Å². The molecule has 0 amide bonds. The van der Waals surface area contributed by atoms with Crippen LogP contribution in [0, 0.1) is 5.92 Å². The summed E-state index contributed by atoms with van der Waals surface area (Å²) in [6.07, 6.45) is 1.15. The van der Waals surface area contributed by atoms with E-state index in [2.05, 4.69) is 60.5 Å². The first kappa shape index (κ1) is 13.0. The minimum Gasteiger partial charge on any atom is -0.370 e. The molecule has 0 spiro atoms. The summed E-state index contributed by atoms with van der Waals surface area (Å²) in [4.78, 5) is 7.07. The van der Waals surface area contributed by atoms with Crippen LogP contribution in [0.15, 0.2) is 42.5 Å². The lowest BCUT2D eigenvalue weighted by Crippen LogP contribution is -2.31. The van der Waals surface area contributed by atoms with Gasteiger partial charge in [0.2, 0.25) is 0 Å². The smallest absolute Gasteiger partial charge is 0.135 e. The third kappa shape index (κ3) is 2.48. The van der Waals surface area contributed by atoms with Crippen LogP contribution in [0.25, 0.3) is 0 Å². The molecule has 20 heavy (non-hydrogen) atoms. The van der Waals surface area contributed by atoms with Gasteiger partial charge >= 0.3 is 0 Å². The third-order valence-corrected chi connectivity index (χ3v) is 3.71. The van der Waals surface area contributed by atoms with Crippen LogP contribution in [0.3, 0.4) is 0 Å². The van der Waals surface area contributed by atoms with Crippen molar-refractivity contribution in [3.63, 3.8) is 0 Å². The topological polar surface area (TPSA) is 28.2 Å². The molecule has 1 aromatic heterocycles. The molecule has 1 unspecified atom stereocenters. The number of anilines is 3. The molecule has 2 heterocycles. The zero-order valence-corrected chi connectivity index (χ0v) is 12.1. The fourth-order valence-corrected chi connectivity index (χ4v) is 2.87. The Bertz CT molecular complexity index is 594. The van der Waals surface area contributed by atoms with Crippen molar-refractivity contribution in [3.8, 4) is 0 Å². The van der Waals surface area contributed by atoms with Gasteiger partial charge in [0.1, 0.15) is 11.6 Å². The van der Waals surface area contributed by atoms with Gasteiger partial charge in [0.15, 0.2) is 0 Å². The van der Waals surface area contributed by atoms with Crippen LogP contribution in [0.1, 0.15) is 19.4 Å². The molecule has 0 saturated heterocycles. The molecule has 0 bridgehead atoms.